The number of unbranched alkanes of at least 4 members (excludes halogenated alkanes) is 6. The average Bonchev–Trinajstić information content (AvgIpc) is 3.56. The Morgan fingerprint density at radius 2 is 0.902 bits per heavy atom. The predicted molar refractivity (Wildman–Crippen MR) is 267 cm³/mol. The largest absolute Gasteiger partial charge is 0.462 e. The molecule has 2 heterocycles. The maximum atomic E-state index is 12.4. The zero-order chi connectivity index (χ0) is 42.9. The van der Waals surface area contributed by atoms with Crippen LogP contribution in [0.15, 0.2) is 117 Å². The third-order valence-corrected chi connectivity index (χ3v) is 16.8. The third kappa shape index (κ3) is 14.0. The molecule has 6 nitrogen and oxygen atoms in total. The summed E-state index contributed by atoms with van der Waals surface area (Å²) in [5, 5.41) is 0. The Morgan fingerprint density at radius 1 is 0.525 bits per heavy atom. The van der Waals surface area contributed by atoms with Gasteiger partial charge in [0.05, 0.1) is 35.7 Å². The summed E-state index contributed by atoms with van der Waals surface area (Å²) in [5.74, 6) is 3.81. The molecule has 1 spiro atoms. The van der Waals surface area contributed by atoms with E-state index in [1.807, 2.05) is 83.7 Å². The lowest BCUT2D eigenvalue weighted by atomic mass is 9.99. The van der Waals surface area contributed by atoms with Crippen LogP contribution in [0.25, 0.3) is 9.81 Å². The van der Waals surface area contributed by atoms with Crippen LogP contribution in [0.2, 0.25) is 0 Å². The van der Waals surface area contributed by atoms with Crippen molar-refractivity contribution in [3.8, 4) is 0 Å². The molecule has 0 atom stereocenters. The molecule has 320 valence electrons. The van der Waals surface area contributed by atoms with Gasteiger partial charge in [-0.2, -0.15) is 0 Å². The molecule has 0 bridgehead atoms. The van der Waals surface area contributed by atoms with Crippen LogP contribution >= 0.6 is 47.0 Å². The van der Waals surface area contributed by atoms with E-state index in [0.717, 1.165) is 84.0 Å². The normalized spacial score (nSPS) is 17.2. The van der Waals surface area contributed by atoms with Crippen LogP contribution in [-0.2, 0) is 9.47 Å². The zero-order valence-corrected chi connectivity index (χ0v) is 39.2. The van der Waals surface area contributed by atoms with Gasteiger partial charge in [0.1, 0.15) is 0 Å². The maximum absolute atomic E-state index is 12.4. The fourth-order valence-electron chi connectivity index (χ4n) is 6.79. The SMILES string of the molecule is CCCCCCOC(=O)c1ccc(N=Cc2ccc(C3=C(C)SCC4(CSC(C)=C(c5ccc(C=Nc6ccc(C(=O)OCCCCCC)cc6)cc5)SC4)CS3)cc2)cc1. The number of esters is 2. The predicted octanol–water partition coefficient (Wildman–Crippen LogP) is 14.7. The Labute approximate surface area is 380 Å². The number of aliphatic imine (C=N–C) groups is 2. The first-order chi connectivity index (χ1) is 29.8. The van der Waals surface area contributed by atoms with Gasteiger partial charge in [0, 0.05) is 50.7 Å². The fraction of sp³-hybridized carbons (Fsp3) is 0.373. The molecule has 4 aromatic carbocycles. The van der Waals surface area contributed by atoms with E-state index in [4.69, 9.17) is 9.47 Å². The Hall–Kier alpha value is -3.96. The van der Waals surface area contributed by atoms with E-state index < -0.39 is 0 Å². The third-order valence-electron chi connectivity index (χ3n) is 10.6. The number of ether oxygens (including phenoxy) is 2. The lowest BCUT2D eigenvalue weighted by Gasteiger charge is -2.30. The van der Waals surface area contributed by atoms with Crippen molar-refractivity contribution < 1.29 is 19.1 Å². The molecule has 6 rings (SSSR count). The van der Waals surface area contributed by atoms with Gasteiger partial charge in [-0.15, -0.1) is 47.0 Å². The molecule has 4 aromatic rings. The van der Waals surface area contributed by atoms with Gasteiger partial charge in [0.2, 0.25) is 0 Å². The Morgan fingerprint density at radius 3 is 1.28 bits per heavy atom. The van der Waals surface area contributed by atoms with Crippen LogP contribution < -0.4 is 0 Å². The van der Waals surface area contributed by atoms with Crippen molar-refractivity contribution in [2.45, 2.75) is 79.1 Å². The van der Waals surface area contributed by atoms with Gasteiger partial charge in [0.15, 0.2) is 0 Å². The first-order valence-corrected chi connectivity index (χ1v) is 25.5. The number of hydrogen-bond acceptors (Lipinski definition) is 10. The van der Waals surface area contributed by atoms with Crippen LogP contribution in [0.1, 0.15) is 122 Å². The number of carbonyl (C=O) groups is 2. The quantitative estimate of drug-likeness (QED) is 0.0555. The van der Waals surface area contributed by atoms with Crippen molar-refractivity contribution in [2.24, 2.45) is 15.4 Å². The summed E-state index contributed by atoms with van der Waals surface area (Å²) in [5.41, 5.74) is 7.47. The van der Waals surface area contributed by atoms with E-state index in [-0.39, 0.29) is 17.4 Å². The minimum atomic E-state index is -0.277. The van der Waals surface area contributed by atoms with Crippen molar-refractivity contribution in [2.75, 3.05) is 36.2 Å². The minimum absolute atomic E-state index is 0.206. The van der Waals surface area contributed by atoms with Crippen LogP contribution in [0, 0.1) is 5.41 Å². The standard InChI is InChI=1S/C51H58N2O4S4/c1-5-7-9-11-29-56-49(54)43-21-25-45(26-22-43)52-31-39-13-17-41(18-14-39)47-37(3)58-33-51(35-60-47)34-59-38(4)48(61-36-51)42-19-15-40(16-20-42)32-53-46-27-23-44(24-28-46)50(55)57-30-12-10-8-6-2/h13-28,31-32H,5-12,29-30,33-36H2,1-4H3. The highest BCUT2D eigenvalue weighted by Gasteiger charge is 2.36. The molecular weight excluding hydrogens is 833 g/mol. The summed E-state index contributed by atoms with van der Waals surface area (Å²) in [4.78, 5) is 39.6. The highest BCUT2D eigenvalue weighted by atomic mass is 32.2. The Kier molecular flexibility index (Phi) is 18.3. The molecule has 10 heteroatoms. The van der Waals surface area contributed by atoms with E-state index in [9.17, 15) is 9.59 Å². The van der Waals surface area contributed by atoms with E-state index in [1.165, 1.54) is 43.6 Å². The number of benzene rings is 4. The van der Waals surface area contributed by atoms with Gasteiger partial charge < -0.3 is 9.47 Å². The number of allylic oxidation sites excluding steroid dienone is 2. The summed E-state index contributed by atoms with van der Waals surface area (Å²) in [6.07, 6.45) is 12.4. The van der Waals surface area contributed by atoms with Crippen molar-refractivity contribution >= 4 is 92.6 Å². The molecule has 0 fully saturated rings. The molecule has 61 heavy (non-hydrogen) atoms. The van der Waals surface area contributed by atoms with Gasteiger partial charge in [-0.1, -0.05) is 101 Å². The number of hydrogen-bond donors (Lipinski definition) is 0. The van der Waals surface area contributed by atoms with Gasteiger partial charge in [-0.25, -0.2) is 9.59 Å². The number of thioether (sulfide) groups is 4. The summed E-state index contributed by atoms with van der Waals surface area (Å²) in [6, 6.07) is 32.0. The van der Waals surface area contributed by atoms with Gasteiger partial charge >= 0.3 is 11.9 Å². The molecule has 0 aromatic heterocycles. The maximum Gasteiger partial charge on any atom is 0.338 e. The van der Waals surface area contributed by atoms with Crippen molar-refractivity contribution in [3.63, 3.8) is 0 Å². The summed E-state index contributed by atoms with van der Waals surface area (Å²) in [6.45, 7) is 9.81. The van der Waals surface area contributed by atoms with E-state index in [1.54, 1.807) is 24.3 Å². The van der Waals surface area contributed by atoms with Crippen molar-refractivity contribution in [1.82, 2.24) is 0 Å². The van der Waals surface area contributed by atoms with Gasteiger partial charge in [-0.05, 0) is 107 Å². The Balaban J connectivity index is 0.983. The highest BCUT2D eigenvalue weighted by molar-refractivity contribution is 8.13. The van der Waals surface area contributed by atoms with Gasteiger partial charge in [-0.3, -0.25) is 9.98 Å². The molecule has 0 N–H and O–H groups in total. The van der Waals surface area contributed by atoms with Crippen LogP contribution in [0.5, 0.6) is 0 Å². The topological polar surface area (TPSA) is 77.3 Å². The molecule has 0 amide bonds. The van der Waals surface area contributed by atoms with Crippen molar-refractivity contribution in [1.29, 1.82) is 0 Å². The molecule has 0 unspecified atom stereocenters. The second-order valence-electron chi connectivity index (χ2n) is 15.7. The molecule has 0 saturated heterocycles. The molecule has 0 radical (unpaired) electrons. The summed E-state index contributed by atoms with van der Waals surface area (Å²) < 4.78 is 10.8. The highest BCUT2D eigenvalue weighted by Crippen LogP contribution is 2.52. The summed E-state index contributed by atoms with van der Waals surface area (Å²) >= 11 is 8.02. The zero-order valence-electron chi connectivity index (χ0n) is 36.0. The van der Waals surface area contributed by atoms with E-state index in [0.29, 0.717) is 24.3 Å². The second kappa shape index (κ2) is 24.0. The van der Waals surface area contributed by atoms with Gasteiger partial charge in [0.25, 0.3) is 0 Å². The Bertz CT molecular complexity index is 2020. The fourth-order valence-corrected chi connectivity index (χ4v) is 13.0. The van der Waals surface area contributed by atoms with Crippen LogP contribution in [0.4, 0.5) is 11.4 Å². The molecule has 2 aliphatic rings. The molecule has 2 aliphatic heterocycles. The average molecular weight is 891 g/mol. The van der Waals surface area contributed by atoms with E-state index >= 15 is 0 Å². The number of rotatable bonds is 18. The second-order valence-corrected chi connectivity index (χ2v) is 20.0. The summed E-state index contributed by atoms with van der Waals surface area (Å²) in [7, 11) is 0. The van der Waals surface area contributed by atoms with Crippen LogP contribution in [-0.4, -0.2) is 60.6 Å². The molecule has 0 aliphatic carbocycles. The number of carbonyl (C=O) groups excluding carboxylic acids is 2. The monoisotopic (exact) mass is 890 g/mol. The smallest absolute Gasteiger partial charge is 0.338 e. The first kappa shape index (κ1) is 46.5. The first-order valence-electron chi connectivity index (χ1n) is 21.5. The van der Waals surface area contributed by atoms with Crippen molar-refractivity contribution in [3.05, 3.63) is 140 Å². The lowest BCUT2D eigenvalue weighted by Crippen LogP contribution is -2.31. The van der Waals surface area contributed by atoms with E-state index in [2.05, 4.69) is 86.2 Å². The lowest BCUT2D eigenvalue weighted by molar-refractivity contribution is 0.0488. The molecular formula is C51H58N2O4S4. The minimum Gasteiger partial charge on any atom is -0.462 e. The van der Waals surface area contributed by atoms with Crippen LogP contribution in [0.3, 0.4) is 0 Å². The number of nitrogens with zero attached hydrogens (tertiary/aromatic N) is 2. The molecule has 0 saturated carbocycles.